The molecule has 0 aromatic carbocycles. The van der Waals surface area contributed by atoms with E-state index >= 15 is 0 Å². The molecule has 0 aliphatic heterocycles. The molecule has 0 rings (SSSR count). The van der Waals surface area contributed by atoms with E-state index in [1.807, 2.05) is 6.92 Å². The third-order valence-corrected chi connectivity index (χ3v) is 0.775. The van der Waals surface area contributed by atoms with E-state index in [1.54, 1.807) is 0 Å². The molecule has 0 aromatic heterocycles. The van der Waals surface area contributed by atoms with Gasteiger partial charge in [-0.1, -0.05) is 13.5 Å². The van der Waals surface area contributed by atoms with Gasteiger partial charge in [0.15, 0.2) is 0 Å². The lowest BCUT2D eigenvalue weighted by Crippen LogP contribution is -2.11. The highest BCUT2D eigenvalue weighted by Crippen LogP contribution is 1.91. The smallest absolute Gasteiger partial charge is 0.244 e. The monoisotopic (exact) mass is 117 g/mol. The van der Waals surface area contributed by atoms with Crippen molar-refractivity contribution in [1.82, 2.24) is 0 Å². The van der Waals surface area contributed by atoms with Gasteiger partial charge in [0.1, 0.15) is 0 Å². The highest BCUT2D eigenvalue weighted by Gasteiger charge is 1.93. The highest BCUT2D eigenvalue weighted by atomic mass is 16.1. The molecular weight excluding hydrogens is 106 g/mol. The number of carbonyl (C=O) groups is 1. The lowest BCUT2D eigenvalue weighted by atomic mass is 10.2. The summed E-state index contributed by atoms with van der Waals surface area (Å²) in [6.07, 6.45) is 0.648. The van der Waals surface area contributed by atoms with Crippen LogP contribution in [0.5, 0.6) is 0 Å². The van der Waals surface area contributed by atoms with Crippen LogP contribution >= 0.6 is 0 Å². The SMILES string of the molecule is C=C(CC)C(N)=O.O. The van der Waals surface area contributed by atoms with E-state index in [9.17, 15) is 4.79 Å². The number of carbonyl (C=O) groups excluding carboxylic acids is 1. The van der Waals surface area contributed by atoms with Gasteiger partial charge in [0, 0.05) is 5.57 Å². The predicted molar refractivity (Wildman–Crippen MR) is 32.2 cm³/mol. The molecule has 0 saturated carbocycles. The number of primary amides is 1. The molecule has 3 heteroatoms. The third-order valence-electron chi connectivity index (χ3n) is 0.775. The van der Waals surface area contributed by atoms with Gasteiger partial charge in [-0.05, 0) is 6.42 Å². The Morgan fingerprint density at radius 2 is 2.12 bits per heavy atom. The Hall–Kier alpha value is -0.830. The molecule has 0 spiro atoms. The average molecular weight is 117 g/mol. The van der Waals surface area contributed by atoms with Crippen LogP contribution in [0.1, 0.15) is 13.3 Å². The summed E-state index contributed by atoms with van der Waals surface area (Å²) < 4.78 is 0. The fourth-order valence-electron chi connectivity index (χ4n) is 0.174. The maximum Gasteiger partial charge on any atom is 0.244 e. The second-order valence-electron chi connectivity index (χ2n) is 1.32. The minimum Gasteiger partial charge on any atom is -0.412 e. The van der Waals surface area contributed by atoms with Gasteiger partial charge in [-0.25, -0.2) is 0 Å². The Labute approximate surface area is 48.5 Å². The van der Waals surface area contributed by atoms with Gasteiger partial charge in [0.05, 0.1) is 0 Å². The van der Waals surface area contributed by atoms with E-state index in [0.717, 1.165) is 0 Å². The first kappa shape index (κ1) is 10.2. The van der Waals surface area contributed by atoms with Crippen molar-refractivity contribution in [3.8, 4) is 0 Å². The summed E-state index contributed by atoms with van der Waals surface area (Å²) in [5, 5.41) is 0. The van der Waals surface area contributed by atoms with Crippen molar-refractivity contribution in [2.75, 3.05) is 0 Å². The molecule has 1 amide bonds. The molecule has 0 aliphatic rings. The zero-order valence-electron chi connectivity index (χ0n) is 4.90. The minimum atomic E-state index is -0.400. The molecule has 0 heterocycles. The van der Waals surface area contributed by atoms with Crippen LogP contribution < -0.4 is 5.73 Å². The van der Waals surface area contributed by atoms with E-state index < -0.39 is 5.91 Å². The number of hydrogen-bond donors (Lipinski definition) is 1. The van der Waals surface area contributed by atoms with Gasteiger partial charge in [-0.2, -0.15) is 0 Å². The first-order chi connectivity index (χ1) is 3.18. The molecule has 4 N–H and O–H groups in total. The standard InChI is InChI=1S/C5H9NO.H2O/c1-3-4(2)5(6)7;/h2-3H2,1H3,(H2,6,7);1H2. The van der Waals surface area contributed by atoms with E-state index in [0.29, 0.717) is 12.0 Å². The average Bonchev–Trinajstić information content (AvgIpc) is 1.65. The van der Waals surface area contributed by atoms with E-state index in [2.05, 4.69) is 6.58 Å². The van der Waals surface area contributed by atoms with Crippen LogP contribution in [0.2, 0.25) is 0 Å². The lowest BCUT2D eigenvalue weighted by molar-refractivity contribution is -0.114. The number of rotatable bonds is 2. The zero-order chi connectivity index (χ0) is 5.86. The molecule has 8 heavy (non-hydrogen) atoms. The summed E-state index contributed by atoms with van der Waals surface area (Å²) in [6.45, 7) is 5.24. The number of amides is 1. The summed E-state index contributed by atoms with van der Waals surface area (Å²) in [5.74, 6) is -0.400. The van der Waals surface area contributed by atoms with Crippen molar-refractivity contribution >= 4 is 5.91 Å². The summed E-state index contributed by atoms with van der Waals surface area (Å²) >= 11 is 0. The largest absolute Gasteiger partial charge is 0.412 e. The molecule has 48 valence electrons. The van der Waals surface area contributed by atoms with Gasteiger partial charge in [-0.3, -0.25) is 4.79 Å². The second-order valence-corrected chi connectivity index (χ2v) is 1.32. The summed E-state index contributed by atoms with van der Waals surface area (Å²) in [5.41, 5.74) is 5.29. The quantitative estimate of drug-likeness (QED) is 0.491. The molecule has 0 bridgehead atoms. The van der Waals surface area contributed by atoms with E-state index in [1.165, 1.54) is 0 Å². The Bertz CT molecular complexity index is 98.6. The van der Waals surface area contributed by atoms with Crippen molar-refractivity contribution in [1.29, 1.82) is 0 Å². The Morgan fingerprint density at radius 1 is 1.75 bits per heavy atom. The molecule has 0 aliphatic carbocycles. The second kappa shape index (κ2) is 4.33. The van der Waals surface area contributed by atoms with Gasteiger partial charge in [-0.15, -0.1) is 0 Å². The first-order valence-corrected chi connectivity index (χ1v) is 2.16. The minimum absolute atomic E-state index is 0. The molecule has 0 fully saturated rings. The van der Waals surface area contributed by atoms with E-state index in [4.69, 9.17) is 5.73 Å². The summed E-state index contributed by atoms with van der Waals surface area (Å²) in [4.78, 5) is 10.1. The molecule has 0 aromatic rings. The van der Waals surface area contributed by atoms with Gasteiger partial charge in [0.25, 0.3) is 0 Å². The third kappa shape index (κ3) is 3.36. The van der Waals surface area contributed by atoms with Crippen molar-refractivity contribution in [2.24, 2.45) is 5.73 Å². The fraction of sp³-hybridized carbons (Fsp3) is 0.400. The Kier molecular flexibility index (Phi) is 5.53. The highest BCUT2D eigenvalue weighted by molar-refractivity contribution is 5.91. The Balaban J connectivity index is 0. The lowest BCUT2D eigenvalue weighted by Gasteiger charge is -1.89. The first-order valence-electron chi connectivity index (χ1n) is 2.16. The summed E-state index contributed by atoms with van der Waals surface area (Å²) in [7, 11) is 0. The fourth-order valence-corrected chi connectivity index (χ4v) is 0.174. The topological polar surface area (TPSA) is 74.6 Å². The van der Waals surface area contributed by atoms with Crippen molar-refractivity contribution < 1.29 is 10.3 Å². The van der Waals surface area contributed by atoms with Crippen LogP contribution in [0, 0.1) is 0 Å². The maximum atomic E-state index is 10.1. The zero-order valence-corrected chi connectivity index (χ0v) is 4.90. The summed E-state index contributed by atoms with van der Waals surface area (Å²) in [6, 6.07) is 0. The van der Waals surface area contributed by atoms with Crippen LogP contribution in [0.4, 0.5) is 0 Å². The predicted octanol–water partition coefficient (Wildman–Crippen LogP) is -0.387. The van der Waals surface area contributed by atoms with Gasteiger partial charge < -0.3 is 11.2 Å². The number of hydrogen-bond acceptors (Lipinski definition) is 1. The van der Waals surface area contributed by atoms with Crippen LogP contribution in [-0.4, -0.2) is 11.4 Å². The molecule has 0 atom stereocenters. The van der Waals surface area contributed by atoms with Crippen LogP contribution in [-0.2, 0) is 4.79 Å². The van der Waals surface area contributed by atoms with Gasteiger partial charge >= 0.3 is 0 Å². The molecule has 0 radical (unpaired) electrons. The normalized spacial score (nSPS) is 7.12. The van der Waals surface area contributed by atoms with Gasteiger partial charge in [0.2, 0.25) is 5.91 Å². The van der Waals surface area contributed by atoms with Crippen LogP contribution in [0.15, 0.2) is 12.2 Å². The Morgan fingerprint density at radius 3 is 2.12 bits per heavy atom. The van der Waals surface area contributed by atoms with Crippen LogP contribution in [0.3, 0.4) is 0 Å². The molecule has 0 unspecified atom stereocenters. The molecule has 3 nitrogen and oxygen atoms in total. The van der Waals surface area contributed by atoms with Crippen molar-refractivity contribution in [3.05, 3.63) is 12.2 Å². The van der Waals surface area contributed by atoms with Crippen molar-refractivity contribution in [2.45, 2.75) is 13.3 Å². The maximum absolute atomic E-state index is 10.1. The van der Waals surface area contributed by atoms with Crippen molar-refractivity contribution in [3.63, 3.8) is 0 Å². The number of nitrogens with two attached hydrogens (primary N) is 1. The van der Waals surface area contributed by atoms with E-state index in [-0.39, 0.29) is 5.48 Å². The van der Waals surface area contributed by atoms with Crippen LogP contribution in [0.25, 0.3) is 0 Å². The molecular formula is C5H11NO2. The molecule has 0 saturated heterocycles.